The quantitative estimate of drug-likeness (QED) is 0.0337. The number of carbonyl (C=O) groups is 7. The number of rotatable bonds is 22. The van der Waals surface area contributed by atoms with Crippen molar-refractivity contribution < 1.29 is 112 Å². The van der Waals surface area contributed by atoms with Crippen LogP contribution in [0.4, 0.5) is 52.7 Å². The van der Waals surface area contributed by atoms with Crippen LogP contribution in [0.5, 0.6) is 5.75 Å². The number of phenolic OH excluding ortho intramolecular Hbond substituents is 1. The molecule has 0 bridgehead atoms. The Balaban J connectivity index is -0.000000583. The number of carbonyl (C=O) groups excluding carboxylic acids is 3. The molecule has 21 nitrogen and oxygen atoms in total. The second kappa shape index (κ2) is 35.8. The van der Waals surface area contributed by atoms with E-state index in [0.717, 1.165) is 57.4 Å². The monoisotopic (exact) mass is 1020 g/mol. The van der Waals surface area contributed by atoms with Crippen LogP contribution in [0.1, 0.15) is 51.0 Å². The lowest BCUT2D eigenvalue weighted by Crippen LogP contribution is -2.48. The highest BCUT2D eigenvalue weighted by Gasteiger charge is 2.40. The van der Waals surface area contributed by atoms with Crippen LogP contribution in [0.2, 0.25) is 0 Å². The minimum atomic E-state index is -5.08. The number of carboxylic acid groups (broad SMARTS) is 4. The summed E-state index contributed by atoms with van der Waals surface area (Å²) >= 11 is 0. The number of aromatic hydroxyl groups is 1. The number of amides is 3. The fourth-order valence-electron chi connectivity index (χ4n) is 3.71. The van der Waals surface area contributed by atoms with Crippen LogP contribution >= 0.6 is 0 Å². The summed E-state index contributed by atoms with van der Waals surface area (Å²) in [6.07, 6.45) is -15.3. The summed E-state index contributed by atoms with van der Waals surface area (Å²) in [5, 5.41) is 53.2. The first-order valence-corrected chi connectivity index (χ1v) is 19.1. The van der Waals surface area contributed by atoms with E-state index in [9.17, 15) is 72.2 Å². The second-order valence-corrected chi connectivity index (χ2v) is 12.8. The van der Waals surface area contributed by atoms with Gasteiger partial charge in [0.15, 0.2) is 5.96 Å². The van der Waals surface area contributed by atoms with Gasteiger partial charge in [-0.1, -0.05) is 19.1 Å². The van der Waals surface area contributed by atoms with E-state index in [1.165, 1.54) is 0 Å². The number of phenols is 1. The first kappa shape index (κ1) is 68.2. The number of nitrogens with two attached hydrogens (primary N) is 3. The summed E-state index contributed by atoms with van der Waals surface area (Å²) in [6, 6.07) is 5.22. The Morgan fingerprint density at radius 1 is 0.588 bits per heavy atom. The van der Waals surface area contributed by atoms with Crippen LogP contribution in [-0.4, -0.2) is 156 Å². The van der Waals surface area contributed by atoms with E-state index in [4.69, 9.17) is 56.8 Å². The van der Waals surface area contributed by atoms with Crippen LogP contribution in [-0.2, 0) is 40.0 Å². The number of halogens is 12. The molecule has 394 valence electrons. The van der Waals surface area contributed by atoms with Gasteiger partial charge in [0.2, 0.25) is 17.7 Å². The summed E-state index contributed by atoms with van der Waals surface area (Å²) in [6.45, 7) is 6.38. The summed E-state index contributed by atoms with van der Waals surface area (Å²) in [7, 11) is 0. The van der Waals surface area contributed by atoms with E-state index in [1.54, 1.807) is 24.3 Å². The Kier molecular flexibility index (Phi) is 35.9. The highest BCUT2D eigenvalue weighted by molar-refractivity contribution is 5.88. The van der Waals surface area contributed by atoms with E-state index in [2.05, 4.69) is 31.6 Å². The van der Waals surface area contributed by atoms with Crippen molar-refractivity contribution in [1.82, 2.24) is 26.6 Å². The van der Waals surface area contributed by atoms with Crippen molar-refractivity contribution in [3.63, 3.8) is 0 Å². The molecule has 3 amide bonds. The Morgan fingerprint density at radius 3 is 1.25 bits per heavy atom. The third-order valence-electron chi connectivity index (χ3n) is 6.90. The molecule has 0 aliphatic heterocycles. The molecule has 0 saturated heterocycles. The minimum Gasteiger partial charge on any atom is -0.508 e. The predicted molar refractivity (Wildman–Crippen MR) is 212 cm³/mol. The van der Waals surface area contributed by atoms with Gasteiger partial charge in [-0.15, -0.1) is 0 Å². The van der Waals surface area contributed by atoms with Gasteiger partial charge in [-0.2, -0.15) is 52.7 Å². The van der Waals surface area contributed by atoms with Gasteiger partial charge in [0.25, 0.3) is 0 Å². The molecule has 1 rings (SSSR count). The molecular weight excluding hydrogens is 966 g/mol. The highest BCUT2D eigenvalue weighted by atomic mass is 19.4. The third kappa shape index (κ3) is 43.5. The molecule has 16 N–H and O–H groups in total. The maximum absolute atomic E-state index is 12.7. The lowest BCUT2D eigenvalue weighted by Gasteiger charge is -2.19. The lowest BCUT2D eigenvalue weighted by molar-refractivity contribution is -0.193. The van der Waals surface area contributed by atoms with Crippen molar-refractivity contribution in [2.75, 3.05) is 45.8 Å². The Labute approximate surface area is 378 Å². The maximum atomic E-state index is 12.7. The van der Waals surface area contributed by atoms with Gasteiger partial charge in [-0.05, 0) is 76.0 Å². The van der Waals surface area contributed by atoms with Gasteiger partial charge >= 0.3 is 48.6 Å². The maximum Gasteiger partial charge on any atom is 0.490 e. The van der Waals surface area contributed by atoms with E-state index < -0.39 is 60.7 Å². The molecular formula is C35H53F12N9O12. The second-order valence-electron chi connectivity index (χ2n) is 12.8. The highest BCUT2D eigenvalue weighted by Crippen LogP contribution is 2.15. The van der Waals surface area contributed by atoms with E-state index in [-0.39, 0.29) is 36.0 Å². The normalized spacial score (nSPS) is 11.9. The van der Waals surface area contributed by atoms with Gasteiger partial charge in [0, 0.05) is 25.9 Å². The lowest BCUT2D eigenvalue weighted by atomic mass is 10.0. The van der Waals surface area contributed by atoms with Crippen LogP contribution in [0.15, 0.2) is 29.3 Å². The smallest absolute Gasteiger partial charge is 0.490 e. The average Bonchev–Trinajstić information content (AvgIpc) is 3.20. The van der Waals surface area contributed by atoms with Gasteiger partial charge in [-0.3, -0.25) is 19.4 Å². The van der Waals surface area contributed by atoms with Crippen molar-refractivity contribution in [2.24, 2.45) is 22.2 Å². The fraction of sp³-hybridized carbons (Fsp3) is 0.600. The van der Waals surface area contributed by atoms with Crippen molar-refractivity contribution in [1.29, 1.82) is 0 Å². The molecule has 68 heavy (non-hydrogen) atoms. The topological polar surface area (TPSA) is 371 Å². The van der Waals surface area contributed by atoms with Gasteiger partial charge in [0.1, 0.15) is 17.8 Å². The molecule has 2 atom stereocenters. The molecule has 1 aromatic carbocycles. The van der Waals surface area contributed by atoms with Gasteiger partial charge < -0.3 is 69.3 Å². The molecule has 0 radical (unpaired) electrons. The van der Waals surface area contributed by atoms with Crippen molar-refractivity contribution in [2.45, 2.75) is 88.7 Å². The number of hydrogen-bond acceptors (Lipinski definition) is 12. The molecule has 0 heterocycles. The van der Waals surface area contributed by atoms with Crippen LogP contribution < -0.4 is 43.8 Å². The number of guanidine groups is 1. The molecule has 0 aliphatic carbocycles. The minimum absolute atomic E-state index is 0.0659. The number of hydrogen-bond donors (Lipinski definition) is 13. The largest absolute Gasteiger partial charge is 0.508 e. The molecule has 0 aliphatic rings. The number of unbranched alkanes of at least 4 members (excludes halogenated alkanes) is 1. The Bertz CT molecular complexity index is 1580. The van der Waals surface area contributed by atoms with Crippen LogP contribution in [0.3, 0.4) is 0 Å². The number of alkyl halides is 12. The number of benzene rings is 1. The number of nitrogens with one attached hydrogen (secondary N) is 5. The summed E-state index contributed by atoms with van der Waals surface area (Å²) in [5.74, 6) is -11.6. The number of aliphatic carboxylic acids is 4. The predicted octanol–water partition coefficient (Wildman–Crippen LogP) is 1.33. The molecule has 0 saturated carbocycles. The van der Waals surface area contributed by atoms with Gasteiger partial charge in [0.05, 0.1) is 6.54 Å². The molecule has 0 unspecified atom stereocenters. The van der Waals surface area contributed by atoms with Crippen LogP contribution in [0.25, 0.3) is 0 Å². The number of carboxylic acids is 4. The summed E-state index contributed by atoms with van der Waals surface area (Å²) in [4.78, 5) is 75.9. The van der Waals surface area contributed by atoms with E-state index in [0.29, 0.717) is 32.4 Å². The van der Waals surface area contributed by atoms with Crippen LogP contribution in [0, 0.1) is 0 Å². The van der Waals surface area contributed by atoms with Crippen molar-refractivity contribution >= 4 is 47.6 Å². The summed E-state index contributed by atoms with van der Waals surface area (Å²) in [5.41, 5.74) is 17.0. The molecule has 0 spiro atoms. The zero-order chi connectivity index (χ0) is 53.9. The Morgan fingerprint density at radius 2 is 0.926 bits per heavy atom. The van der Waals surface area contributed by atoms with E-state index >= 15 is 0 Å². The third-order valence-corrected chi connectivity index (χ3v) is 6.90. The first-order valence-electron chi connectivity index (χ1n) is 19.1. The average molecular weight is 1020 g/mol. The molecule has 0 fully saturated rings. The first-order chi connectivity index (χ1) is 31.0. The number of aliphatic imine (C=N–C) groups is 1. The van der Waals surface area contributed by atoms with Gasteiger partial charge in [-0.25, -0.2) is 19.2 Å². The fourth-order valence-corrected chi connectivity index (χ4v) is 3.71. The standard InChI is InChI=1S/C27H49N9O4.4C2HF3O2/c1-2-7-24(38)36-23(18-20-8-10-21(37)11-9-20)26(40)34-17-6-15-32-13-4-3-12-31-14-5-16-33-25(39)22(28)19-35-27(29)30;4*3-2(4,5)1(6)7/h8-11,22-23,31-32,37H,2-7,12-19,28H2,1H3,(H,33,39)(H,34,40)(H,36,38)(H4,29,30,35);4*(H,6,7)/t22-,23-;;;;/m0..../s1. The SMILES string of the molecule is CCCC(=O)N[C@@H](Cc1ccc(O)cc1)C(=O)NCCCNCCCCNCCCNC(=O)[C@@H](N)CN=C(N)N.O=C(O)C(F)(F)F.O=C(O)C(F)(F)F.O=C(O)C(F)(F)F.O=C(O)C(F)(F)F. The molecule has 1 aromatic rings. The summed E-state index contributed by atoms with van der Waals surface area (Å²) < 4.78 is 127. The van der Waals surface area contributed by atoms with Crippen molar-refractivity contribution in [3.8, 4) is 5.75 Å². The molecule has 0 aromatic heterocycles. The zero-order valence-electron chi connectivity index (χ0n) is 35.7. The number of nitrogens with zero attached hydrogens (tertiary/aromatic N) is 1. The van der Waals surface area contributed by atoms with Crippen molar-refractivity contribution in [3.05, 3.63) is 29.8 Å². The molecule has 33 heteroatoms. The zero-order valence-corrected chi connectivity index (χ0v) is 35.7. The van der Waals surface area contributed by atoms with E-state index in [1.807, 2.05) is 6.92 Å². The Hall–Kier alpha value is -6.38.